The van der Waals surface area contributed by atoms with E-state index in [2.05, 4.69) is 24.0 Å². The molecular formula is C17H23N3O2. The molecule has 1 fully saturated rings. The van der Waals surface area contributed by atoms with Crippen molar-refractivity contribution < 1.29 is 9.84 Å². The van der Waals surface area contributed by atoms with Crippen molar-refractivity contribution in [3.63, 3.8) is 0 Å². The summed E-state index contributed by atoms with van der Waals surface area (Å²) in [4.78, 5) is 2.29. The molecule has 1 aromatic carbocycles. The van der Waals surface area contributed by atoms with Gasteiger partial charge in [0.25, 0.3) is 0 Å². The molecule has 5 nitrogen and oxygen atoms in total. The average molecular weight is 301 g/mol. The molecule has 2 heterocycles. The second-order valence-electron chi connectivity index (χ2n) is 5.68. The smallest absolute Gasteiger partial charge is 0.0665 e. The summed E-state index contributed by atoms with van der Waals surface area (Å²) in [5.74, 6) is 0. The molecule has 3 rings (SSSR count). The lowest BCUT2D eigenvalue weighted by Gasteiger charge is -2.35. The first kappa shape index (κ1) is 15.2. The van der Waals surface area contributed by atoms with Crippen LogP contribution in [-0.2, 0) is 4.74 Å². The number of hydrogen-bond acceptors (Lipinski definition) is 4. The van der Waals surface area contributed by atoms with Crippen LogP contribution in [0.15, 0.2) is 30.3 Å². The fraction of sp³-hybridized carbons (Fsp3) is 0.471. The normalized spacial score (nSPS) is 19.5. The van der Waals surface area contributed by atoms with Gasteiger partial charge in [0.1, 0.15) is 0 Å². The van der Waals surface area contributed by atoms with Crippen molar-refractivity contribution in [3.8, 4) is 5.69 Å². The van der Waals surface area contributed by atoms with E-state index in [1.165, 1.54) is 5.56 Å². The van der Waals surface area contributed by atoms with Gasteiger partial charge in [-0.2, -0.15) is 5.10 Å². The predicted molar refractivity (Wildman–Crippen MR) is 85.3 cm³/mol. The first-order valence-electron chi connectivity index (χ1n) is 7.76. The van der Waals surface area contributed by atoms with Crippen LogP contribution in [0.1, 0.15) is 23.0 Å². The van der Waals surface area contributed by atoms with Crippen molar-refractivity contribution in [2.24, 2.45) is 0 Å². The van der Waals surface area contributed by atoms with Gasteiger partial charge in [0.2, 0.25) is 0 Å². The Morgan fingerprint density at radius 3 is 2.77 bits per heavy atom. The second-order valence-corrected chi connectivity index (χ2v) is 5.68. The third-order valence-electron chi connectivity index (χ3n) is 4.31. The van der Waals surface area contributed by atoms with Crippen LogP contribution in [-0.4, -0.2) is 52.7 Å². The maximum atomic E-state index is 9.30. The summed E-state index contributed by atoms with van der Waals surface area (Å²) in [6.07, 6.45) is 0. The summed E-state index contributed by atoms with van der Waals surface area (Å²) >= 11 is 0. The van der Waals surface area contributed by atoms with Crippen LogP contribution in [0.2, 0.25) is 0 Å². The highest BCUT2D eigenvalue weighted by Gasteiger charge is 2.29. The fourth-order valence-electron chi connectivity index (χ4n) is 3.26. The van der Waals surface area contributed by atoms with Gasteiger partial charge in [0, 0.05) is 24.3 Å². The maximum absolute atomic E-state index is 9.30. The molecule has 0 radical (unpaired) electrons. The summed E-state index contributed by atoms with van der Waals surface area (Å²) in [6, 6.07) is 10.3. The molecule has 0 amide bonds. The Kier molecular flexibility index (Phi) is 4.57. The van der Waals surface area contributed by atoms with E-state index < -0.39 is 0 Å². The number of aryl methyl sites for hydroxylation is 1. The Morgan fingerprint density at radius 2 is 2.05 bits per heavy atom. The molecule has 0 saturated carbocycles. The van der Waals surface area contributed by atoms with Gasteiger partial charge in [-0.15, -0.1) is 0 Å². The molecule has 1 saturated heterocycles. The minimum absolute atomic E-state index is 0.165. The van der Waals surface area contributed by atoms with E-state index in [0.717, 1.165) is 30.2 Å². The Hall–Kier alpha value is -1.69. The number of aromatic nitrogens is 2. The van der Waals surface area contributed by atoms with E-state index in [1.807, 2.05) is 29.8 Å². The number of β-amino-alcohol motifs (C(OH)–C–C–N with tert-alkyl or cyclic N) is 1. The van der Waals surface area contributed by atoms with Gasteiger partial charge in [-0.3, -0.25) is 4.90 Å². The number of para-hydroxylation sites is 1. The van der Waals surface area contributed by atoms with Crippen molar-refractivity contribution in [2.75, 3.05) is 32.9 Å². The lowest BCUT2D eigenvalue weighted by molar-refractivity contribution is -0.0150. The van der Waals surface area contributed by atoms with E-state index in [9.17, 15) is 5.11 Å². The summed E-state index contributed by atoms with van der Waals surface area (Å²) < 4.78 is 7.67. The van der Waals surface area contributed by atoms with Crippen molar-refractivity contribution in [2.45, 2.75) is 19.9 Å². The molecule has 118 valence electrons. The van der Waals surface area contributed by atoms with Crippen molar-refractivity contribution >= 4 is 0 Å². The van der Waals surface area contributed by atoms with Crippen molar-refractivity contribution in [1.82, 2.24) is 14.7 Å². The third-order valence-corrected chi connectivity index (χ3v) is 4.31. The summed E-state index contributed by atoms with van der Waals surface area (Å²) in [5.41, 5.74) is 4.46. The van der Waals surface area contributed by atoms with Gasteiger partial charge in [-0.05, 0) is 26.0 Å². The number of nitrogens with zero attached hydrogens (tertiary/aromatic N) is 3. The molecule has 22 heavy (non-hydrogen) atoms. The monoisotopic (exact) mass is 301 g/mol. The van der Waals surface area contributed by atoms with Gasteiger partial charge in [0.05, 0.1) is 37.2 Å². The van der Waals surface area contributed by atoms with Crippen molar-refractivity contribution in [1.29, 1.82) is 0 Å². The zero-order valence-corrected chi connectivity index (χ0v) is 13.2. The molecule has 5 heteroatoms. The molecule has 1 atom stereocenters. The summed E-state index contributed by atoms with van der Waals surface area (Å²) in [7, 11) is 0. The first-order chi connectivity index (χ1) is 10.7. The Labute approximate surface area is 131 Å². The lowest BCUT2D eigenvalue weighted by atomic mass is 10.0. The molecule has 0 aliphatic carbocycles. The van der Waals surface area contributed by atoms with Gasteiger partial charge in [0.15, 0.2) is 0 Å². The van der Waals surface area contributed by atoms with Crippen LogP contribution in [0.3, 0.4) is 0 Å². The highest BCUT2D eigenvalue weighted by molar-refractivity contribution is 5.38. The first-order valence-corrected chi connectivity index (χ1v) is 7.76. The maximum Gasteiger partial charge on any atom is 0.0665 e. The Balaban J connectivity index is 1.98. The fourth-order valence-corrected chi connectivity index (χ4v) is 3.26. The number of rotatable bonds is 4. The van der Waals surface area contributed by atoms with E-state index in [0.29, 0.717) is 13.2 Å². The minimum Gasteiger partial charge on any atom is -0.395 e. The van der Waals surface area contributed by atoms with Gasteiger partial charge >= 0.3 is 0 Å². The number of aliphatic hydroxyl groups is 1. The van der Waals surface area contributed by atoms with Gasteiger partial charge in [-0.1, -0.05) is 18.2 Å². The largest absolute Gasteiger partial charge is 0.395 e. The Bertz CT molecular complexity index is 622. The number of ether oxygens (including phenoxy) is 1. The van der Waals surface area contributed by atoms with E-state index >= 15 is 0 Å². The topological polar surface area (TPSA) is 50.5 Å². The highest BCUT2D eigenvalue weighted by atomic mass is 16.5. The highest BCUT2D eigenvalue weighted by Crippen LogP contribution is 2.30. The lowest BCUT2D eigenvalue weighted by Crippen LogP contribution is -2.41. The molecule has 0 unspecified atom stereocenters. The van der Waals surface area contributed by atoms with Crippen LogP contribution in [0.25, 0.3) is 5.69 Å². The zero-order chi connectivity index (χ0) is 15.5. The molecule has 0 spiro atoms. The van der Waals surface area contributed by atoms with Crippen LogP contribution in [0.4, 0.5) is 0 Å². The standard InChI is InChI=1S/C17H23N3O2/c1-13-17(16-12-22-11-9-19(16)8-10-21)14(2)20(18-13)15-6-4-3-5-7-15/h3-7,16,21H,8-12H2,1-2H3/t16-/m1/s1. The molecular weight excluding hydrogens is 278 g/mol. The number of aliphatic hydroxyl groups excluding tert-OH is 1. The Morgan fingerprint density at radius 1 is 1.27 bits per heavy atom. The van der Waals surface area contributed by atoms with Crippen LogP contribution >= 0.6 is 0 Å². The number of morpholine rings is 1. The van der Waals surface area contributed by atoms with Crippen LogP contribution in [0.5, 0.6) is 0 Å². The third kappa shape index (κ3) is 2.79. The molecule has 1 aliphatic heterocycles. The molecule has 1 N–H and O–H groups in total. The van der Waals surface area contributed by atoms with E-state index in [1.54, 1.807) is 0 Å². The summed E-state index contributed by atoms with van der Waals surface area (Å²) in [5, 5.41) is 14.0. The average Bonchev–Trinajstić information content (AvgIpc) is 2.84. The SMILES string of the molecule is Cc1nn(-c2ccccc2)c(C)c1[C@H]1COCCN1CCO. The zero-order valence-electron chi connectivity index (χ0n) is 13.2. The molecule has 2 aromatic rings. The van der Waals surface area contributed by atoms with Crippen LogP contribution < -0.4 is 0 Å². The van der Waals surface area contributed by atoms with Gasteiger partial charge < -0.3 is 9.84 Å². The van der Waals surface area contributed by atoms with E-state index in [4.69, 9.17) is 9.84 Å². The predicted octanol–water partition coefficient (Wildman–Crippen LogP) is 1.85. The van der Waals surface area contributed by atoms with Crippen molar-refractivity contribution in [3.05, 3.63) is 47.3 Å². The quantitative estimate of drug-likeness (QED) is 0.936. The number of hydrogen-bond donors (Lipinski definition) is 1. The molecule has 1 aromatic heterocycles. The summed E-state index contributed by atoms with van der Waals surface area (Å²) in [6.45, 7) is 7.22. The molecule has 1 aliphatic rings. The molecule has 0 bridgehead atoms. The number of benzene rings is 1. The minimum atomic E-state index is 0.165. The van der Waals surface area contributed by atoms with E-state index in [-0.39, 0.29) is 12.6 Å². The van der Waals surface area contributed by atoms with Crippen LogP contribution in [0, 0.1) is 13.8 Å². The second kappa shape index (κ2) is 6.60. The van der Waals surface area contributed by atoms with Gasteiger partial charge in [-0.25, -0.2) is 4.68 Å².